The Morgan fingerprint density at radius 2 is 1.43 bits per heavy atom. The van der Waals surface area contributed by atoms with E-state index in [4.69, 9.17) is 0 Å². The van der Waals surface area contributed by atoms with Gasteiger partial charge in [-0.15, -0.1) is 4.68 Å². The summed E-state index contributed by atoms with van der Waals surface area (Å²) < 4.78 is 2.18. The second kappa shape index (κ2) is 7.16. The number of rotatable bonds is 3. The molecule has 4 rings (SSSR count). The zero-order valence-electron chi connectivity index (χ0n) is 17.0. The molecule has 3 aromatic carbocycles. The van der Waals surface area contributed by atoms with Crippen molar-refractivity contribution in [2.45, 2.75) is 32.4 Å². The quantitative estimate of drug-likeness (QED) is 0.393. The number of benzene rings is 3. The summed E-state index contributed by atoms with van der Waals surface area (Å²) in [5, 5.41) is 3.35. The summed E-state index contributed by atoms with van der Waals surface area (Å²) in [7, 11) is 1.97. The first-order valence-electron chi connectivity index (χ1n) is 9.84. The smallest absolute Gasteiger partial charge is 0.275 e. The third-order valence-corrected chi connectivity index (χ3v) is 5.29. The molecule has 0 aromatic heterocycles. The molecule has 0 bridgehead atoms. The van der Waals surface area contributed by atoms with E-state index in [2.05, 4.69) is 109 Å². The molecule has 1 aliphatic rings. The van der Waals surface area contributed by atoms with Crippen molar-refractivity contribution in [3.05, 3.63) is 95.6 Å². The predicted octanol–water partition coefficient (Wildman–Crippen LogP) is 4.85. The monoisotopic (exact) mass is 370 g/mol. The zero-order chi connectivity index (χ0) is 19.7. The molecule has 28 heavy (non-hydrogen) atoms. The molecule has 3 heteroatoms. The maximum absolute atomic E-state index is 3.47. The van der Waals surface area contributed by atoms with Gasteiger partial charge in [-0.2, -0.15) is 0 Å². The first kappa shape index (κ1) is 18.3. The second-order valence-corrected chi connectivity index (χ2v) is 8.32. The first-order chi connectivity index (χ1) is 13.5. The molecule has 1 saturated heterocycles. The van der Waals surface area contributed by atoms with Crippen LogP contribution >= 0.6 is 0 Å². The van der Waals surface area contributed by atoms with Crippen molar-refractivity contribution < 1.29 is 4.68 Å². The molecule has 1 heterocycles. The minimum atomic E-state index is 0.179. The highest BCUT2D eigenvalue weighted by atomic mass is 15.7. The van der Waals surface area contributed by atoms with Crippen molar-refractivity contribution in [3.8, 4) is 11.1 Å². The van der Waals surface area contributed by atoms with E-state index in [1.54, 1.807) is 0 Å². The van der Waals surface area contributed by atoms with E-state index in [9.17, 15) is 0 Å². The molecular formula is C25H28N3+. The number of nitrogens with one attached hydrogen (secondary N) is 2. The van der Waals surface area contributed by atoms with Gasteiger partial charge in [0.15, 0.2) is 0 Å². The fourth-order valence-electron chi connectivity index (χ4n) is 3.54. The molecule has 0 aliphatic carbocycles. The van der Waals surface area contributed by atoms with Crippen molar-refractivity contribution in [1.82, 2.24) is 10.7 Å². The van der Waals surface area contributed by atoms with Crippen LogP contribution in [-0.2, 0) is 5.41 Å². The maximum Gasteiger partial charge on any atom is 0.302 e. The predicted molar refractivity (Wildman–Crippen MR) is 116 cm³/mol. The van der Waals surface area contributed by atoms with E-state index in [1.165, 1.54) is 27.8 Å². The maximum atomic E-state index is 3.47. The van der Waals surface area contributed by atoms with Gasteiger partial charge >= 0.3 is 5.84 Å². The van der Waals surface area contributed by atoms with Gasteiger partial charge < -0.3 is 0 Å². The minimum Gasteiger partial charge on any atom is -0.275 e. The molecule has 0 spiro atoms. The largest absolute Gasteiger partial charge is 0.302 e. The molecule has 0 saturated carbocycles. The lowest BCUT2D eigenvalue weighted by Gasteiger charge is -2.18. The highest BCUT2D eigenvalue weighted by Gasteiger charge is 2.39. The summed E-state index contributed by atoms with van der Waals surface area (Å²) in [5.74, 6) is 1.09. The highest BCUT2D eigenvalue weighted by molar-refractivity contribution is 5.95. The first-order valence-corrected chi connectivity index (χ1v) is 9.84. The van der Waals surface area contributed by atoms with E-state index in [0.29, 0.717) is 0 Å². The van der Waals surface area contributed by atoms with E-state index in [0.717, 1.165) is 5.84 Å². The molecule has 3 nitrogen and oxygen atoms in total. The van der Waals surface area contributed by atoms with Gasteiger partial charge in [0.25, 0.3) is 0 Å². The second-order valence-electron chi connectivity index (χ2n) is 8.32. The Balaban J connectivity index is 1.57. The van der Waals surface area contributed by atoms with Crippen LogP contribution in [-0.4, -0.2) is 17.6 Å². The van der Waals surface area contributed by atoms with Gasteiger partial charge in [0.05, 0.1) is 12.6 Å². The van der Waals surface area contributed by atoms with Crippen LogP contribution in [0, 0.1) is 0 Å². The van der Waals surface area contributed by atoms with E-state index >= 15 is 0 Å². The average Bonchev–Trinajstić information content (AvgIpc) is 3.50. The SMILES string of the molecule is CN/C(c1ccc(-c2ccccc2)cc1)=[N+]1\NC1c1ccc(C(C)(C)C)cc1. The van der Waals surface area contributed by atoms with Crippen molar-refractivity contribution in [3.63, 3.8) is 0 Å². The highest BCUT2D eigenvalue weighted by Crippen LogP contribution is 2.28. The van der Waals surface area contributed by atoms with Crippen LogP contribution in [0.4, 0.5) is 0 Å². The Morgan fingerprint density at radius 1 is 0.821 bits per heavy atom. The lowest BCUT2D eigenvalue weighted by molar-refractivity contribution is -0.397. The third kappa shape index (κ3) is 3.65. The van der Waals surface area contributed by atoms with Crippen LogP contribution in [0.5, 0.6) is 0 Å². The summed E-state index contributed by atoms with van der Waals surface area (Å²) in [5.41, 5.74) is 9.93. The van der Waals surface area contributed by atoms with E-state index in [-0.39, 0.29) is 11.6 Å². The Hall–Kier alpha value is -3.07. The van der Waals surface area contributed by atoms with Crippen LogP contribution in [0.3, 0.4) is 0 Å². The molecule has 2 N–H and O–H groups in total. The normalized spacial score (nSPS) is 17.6. The Labute approximate surface area is 167 Å². The van der Waals surface area contributed by atoms with Crippen molar-refractivity contribution in [2.24, 2.45) is 0 Å². The lowest BCUT2D eigenvalue weighted by atomic mass is 9.86. The van der Waals surface area contributed by atoms with Gasteiger partial charge in [-0.3, -0.25) is 5.32 Å². The molecule has 142 valence electrons. The van der Waals surface area contributed by atoms with Crippen LogP contribution in [0.2, 0.25) is 0 Å². The van der Waals surface area contributed by atoms with Crippen LogP contribution in [0.1, 0.15) is 43.6 Å². The Bertz CT molecular complexity index is 979. The Kier molecular flexibility index (Phi) is 4.68. The Morgan fingerprint density at radius 3 is 2.00 bits per heavy atom. The number of hydrazone groups is 1. The molecule has 1 unspecified atom stereocenters. The number of nitrogens with zero attached hydrogens (tertiary/aromatic N) is 1. The zero-order valence-corrected chi connectivity index (χ0v) is 17.0. The number of hydrogen-bond acceptors (Lipinski definition) is 1. The average molecular weight is 371 g/mol. The fourth-order valence-corrected chi connectivity index (χ4v) is 3.54. The molecule has 0 amide bonds. The van der Waals surface area contributed by atoms with Crippen molar-refractivity contribution in [1.29, 1.82) is 0 Å². The lowest BCUT2D eigenvalue weighted by Crippen LogP contribution is -2.25. The summed E-state index contributed by atoms with van der Waals surface area (Å²) >= 11 is 0. The molecule has 0 radical (unpaired) electrons. The van der Waals surface area contributed by atoms with Crippen molar-refractivity contribution in [2.75, 3.05) is 7.05 Å². The molecule has 1 aliphatic heterocycles. The van der Waals surface area contributed by atoms with Crippen LogP contribution in [0.15, 0.2) is 78.9 Å². The van der Waals surface area contributed by atoms with Crippen molar-refractivity contribution >= 4 is 5.84 Å². The number of hydrazine groups is 1. The number of amidine groups is 1. The molecule has 3 aromatic rings. The molecule has 1 fully saturated rings. The van der Waals surface area contributed by atoms with Gasteiger partial charge in [0.1, 0.15) is 0 Å². The van der Waals surface area contributed by atoms with Gasteiger partial charge in [-0.25, -0.2) is 5.43 Å². The standard InChI is InChI=1S/C25H27N3/c1-25(2,3)22-16-14-21(15-17-22)24-27-28(24)23(26-4)20-12-10-19(11-13-20)18-8-6-5-7-9-18/h5-17,24,27H,1-4H3/p+1. The van der Waals surface area contributed by atoms with Gasteiger partial charge in [0.2, 0.25) is 6.17 Å². The minimum absolute atomic E-state index is 0.179. The van der Waals surface area contributed by atoms with E-state index in [1.807, 2.05) is 13.1 Å². The number of hydrogen-bond donors (Lipinski definition) is 2. The van der Waals surface area contributed by atoms with Crippen LogP contribution in [0.25, 0.3) is 11.1 Å². The summed E-state index contributed by atoms with van der Waals surface area (Å²) in [4.78, 5) is 0. The van der Waals surface area contributed by atoms with Gasteiger partial charge in [-0.05, 0) is 34.2 Å². The van der Waals surface area contributed by atoms with E-state index < -0.39 is 0 Å². The van der Waals surface area contributed by atoms with Gasteiger partial charge in [-0.1, -0.05) is 87.5 Å². The fraction of sp³-hybridized carbons (Fsp3) is 0.240. The third-order valence-electron chi connectivity index (χ3n) is 5.29. The summed E-state index contributed by atoms with van der Waals surface area (Å²) in [6.45, 7) is 6.74. The molecule has 1 atom stereocenters. The van der Waals surface area contributed by atoms with Gasteiger partial charge in [0, 0.05) is 5.56 Å². The topological polar surface area (TPSA) is 37.0 Å². The molecular weight excluding hydrogens is 342 g/mol. The van der Waals surface area contributed by atoms with Crippen LogP contribution < -0.4 is 10.7 Å². The summed E-state index contributed by atoms with van der Waals surface area (Å²) in [6, 6.07) is 28.1. The summed E-state index contributed by atoms with van der Waals surface area (Å²) in [6.07, 6.45) is 0.213.